The first-order valence-electron chi connectivity index (χ1n) is 10.1. The van der Waals surface area contributed by atoms with Gasteiger partial charge in [0, 0.05) is 45.0 Å². The number of pyridine rings is 1. The van der Waals surface area contributed by atoms with E-state index in [4.69, 9.17) is 16.3 Å². The highest BCUT2D eigenvalue weighted by Crippen LogP contribution is 2.33. The zero-order valence-electron chi connectivity index (χ0n) is 16.3. The van der Waals surface area contributed by atoms with E-state index in [0.717, 1.165) is 51.8 Å². The molecule has 0 aromatic carbocycles. The van der Waals surface area contributed by atoms with E-state index in [9.17, 15) is 0 Å². The van der Waals surface area contributed by atoms with Crippen molar-refractivity contribution in [3.05, 3.63) is 29.0 Å². The molecule has 0 radical (unpaired) electrons. The summed E-state index contributed by atoms with van der Waals surface area (Å²) in [6, 6.07) is 3.85. The lowest BCUT2D eigenvalue weighted by Gasteiger charge is -2.48. The van der Waals surface area contributed by atoms with E-state index in [0.29, 0.717) is 5.15 Å². The van der Waals surface area contributed by atoms with Gasteiger partial charge in [-0.1, -0.05) is 36.9 Å². The van der Waals surface area contributed by atoms with Gasteiger partial charge in [0.1, 0.15) is 5.15 Å². The first-order valence-corrected chi connectivity index (χ1v) is 10.5. The van der Waals surface area contributed by atoms with Gasteiger partial charge in [0.15, 0.2) is 5.96 Å². The molecule has 3 rings (SSSR count). The van der Waals surface area contributed by atoms with Crippen LogP contribution in [-0.2, 0) is 11.2 Å². The Kier molecular flexibility index (Phi) is 7.73. The van der Waals surface area contributed by atoms with Crippen LogP contribution in [0.15, 0.2) is 23.3 Å². The maximum Gasteiger partial charge on any atom is 0.191 e. The molecule has 1 saturated heterocycles. The van der Waals surface area contributed by atoms with Crippen LogP contribution >= 0.6 is 11.6 Å². The van der Waals surface area contributed by atoms with Crippen LogP contribution in [0.4, 0.5) is 0 Å². The van der Waals surface area contributed by atoms with Crippen LogP contribution < -0.4 is 10.6 Å². The fraction of sp³-hybridized carbons (Fsp3) is 0.700. The number of aliphatic imine (C=N–C) groups is 1. The normalized spacial score (nSPS) is 21.0. The van der Waals surface area contributed by atoms with Gasteiger partial charge in [0.05, 0.1) is 13.2 Å². The van der Waals surface area contributed by atoms with Gasteiger partial charge in [-0.2, -0.15) is 0 Å². The molecule has 1 aromatic heterocycles. The molecular weight excluding hydrogens is 362 g/mol. The Bertz CT molecular complexity index is 595. The fourth-order valence-corrected chi connectivity index (χ4v) is 4.31. The minimum absolute atomic E-state index is 0.236. The summed E-state index contributed by atoms with van der Waals surface area (Å²) in [4.78, 5) is 11.2. The standard InChI is InChI=1S/C20H32ClN5O/c1-22-19(23-10-7-17-5-6-18(21)24-15-17)25-16-20(8-3-2-4-9-20)26-11-13-27-14-12-26/h5-6,15H,2-4,7-14,16H2,1H3,(H2,22,23,25). The van der Waals surface area contributed by atoms with Crippen LogP contribution in [0.25, 0.3) is 0 Å². The third-order valence-electron chi connectivity index (χ3n) is 5.77. The number of halogens is 1. The Morgan fingerprint density at radius 2 is 2.00 bits per heavy atom. The second-order valence-corrected chi connectivity index (χ2v) is 7.86. The van der Waals surface area contributed by atoms with Crippen LogP contribution in [0.3, 0.4) is 0 Å². The smallest absolute Gasteiger partial charge is 0.191 e. The first-order chi connectivity index (χ1) is 13.2. The van der Waals surface area contributed by atoms with E-state index in [2.05, 4.69) is 25.5 Å². The summed E-state index contributed by atoms with van der Waals surface area (Å²) >= 11 is 5.84. The van der Waals surface area contributed by atoms with E-state index in [-0.39, 0.29) is 5.54 Å². The molecule has 2 heterocycles. The van der Waals surface area contributed by atoms with E-state index in [1.165, 1.54) is 37.7 Å². The van der Waals surface area contributed by atoms with Gasteiger partial charge >= 0.3 is 0 Å². The summed E-state index contributed by atoms with van der Waals surface area (Å²) in [5, 5.41) is 7.55. The van der Waals surface area contributed by atoms with Gasteiger partial charge in [-0.25, -0.2) is 4.98 Å². The molecule has 1 aliphatic heterocycles. The lowest BCUT2D eigenvalue weighted by molar-refractivity contribution is -0.0352. The maximum absolute atomic E-state index is 5.84. The zero-order chi connectivity index (χ0) is 19.0. The van der Waals surface area contributed by atoms with Crippen molar-refractivity contribution >= 4 is 17.6 Å². The topological polar surface area (TPSA) is 61.8 Å². The van der Waals surface area contributed by atoms with Gasteiger partial charge < -0.3 is 15.4 Å². The second-order valence-electron chi connectivity index (χ2n) is 7.48. The van der Waals surface area contributed by atoms with Crippen molar-refractivity contribution in [2.24, 2.45) is 4.99 Å². The van der Waals surface area contributed by atoms with Crippen LogP contribution in [0.5, 0.6) is 0 Å². The molecule has 0 atom stereocenters. The lowest BCUT2D eigenvalue weighted by atomic mass is 9.80. The van der Waals surface area contributed by atoms with Crippen molar-refractivity contribution in [3.63, 3.8) is 0 Å². The van der Waals surface area contributed by atoms with Crippen molar-refractivity contribution < 1.29 is 4.74 Å². The molecule has 2 fully saturated rings. The average Bonchev–Trinajstić information content (AvgIpc) is 2.73. The number of ether oxygens (including phenoxy) is 1. The predicted molar refractivity (Wildman–Crippen MR) is 111 cm³/mol. The van der Waals surface area contributed by atoms with Gasteiger partial charge in [0.2, 0.25) is 0 Å². The number of guanidine groups is 1. The SMILES string of the molecule is CN=C(NCCc1ccc(Cl)nc1)NCC1(N2CCOCC2)CCCCC1. The quantitative estimate of drug-likeness (QED) is 0.441. The van der Waals surface area contributed by atoms with E-state index in [1.54, 1.807) is 0 Å². The van der Waals surface area contributed by atoms with Gasteiger partial charge in [-0.3, -0.25) is 9.89 Å². The van der Waals surface area contributed by atoms with E-state index >= 15 is 0 Å². The van der Waals surface area contributed by atoms with Crippen molar-refractivity contribution in [3.8, 4) is 0 Å². The van der Waals surface area contributed by atoms with E-state index < -0.39 is 0 Å². The Balaban J connectivity index is 1.50. The highest BCUT2D eigenvalue weighted by molar-refractivity contribution is 6.29. The molecule has 2 N–H and O–H groups in total. The number of hydrogen-bond acceptors (Lipinski definition) is 4. The number of nitrogens with zero attached hydrogens (tertiary/aromatic N) is 3. The highest BCUT2D eigenvalue weighted by atomic mass is 35.5. The molecule has 7 heteroatoms. The first kappa shape index (κ1) is 20.4. The largest absolute Gasteiger partial charge is 0.379 e. The Hall–Kier alpha value is -1.37. The minimum Gasteiger partial charge on any atom is -0.379 e. The summed E-state index contributed by atoms with van der Waals surface area (Å²) in [7, 11) is 1.83. The summed E-state index contributed by atoms with van der Waals surface area (Å²) in [5.74, 6) is 0.870. The molecule has 27 heavy (non-hydrogen) atoms. The van der Waals surface area contributed by atoms with Crippen LogP contribution in [-0.4, -0.2) is 67.8 Å². The number of morpholine rings is 1. The molecule has 6 nitrogen and oxygen atoms in total. The Morgan fingerprint density at radius 1 is 1.22 bits per heavy atom. The van der Waals surface area contributed by atoms with Crippen molar-refractivity contribution in [1.82, 2.24) is 20.5 Å². The number of nitrogens with one attached hydrogen (secondary N) is 2. The number of hydrogen-bond donors (Lipinski definition) is 2. The molecule has 150 valence electrons. The molecule has 2 aliphatic rings. The highest BCUT2D eigenvalue weighted by Gasteiger charge is 2.38. The Morgan fingerprint density at radius 3 is 2.67 bits per heavy atom. The van der Waals surface area contributed by atoms with Gasteiger partial charge in [-0.15, -0.1) is 0 Å². The average molecular weight is 394 g/mol. The minimum atomic E-state index is 0.236. The molecule has 0 amide bonds. The molecule has 1 saturated carbocycles. The lowest BCUT2D eigenvalue weighted by Crippen LogP contribution is -2.60. The van der Waals surface area contributed by atoms with Crippen molar-refractivity contribution in [2.75, 3.05) is 46.4 Å². The number of rotatable bonds is 6. The molecule has 1 aromatic rings. The molecule has 0 spiro atoms. The molecule has 0 unspecified atom stereocenters. The van der Waals surface area contributed by atoms with Crippen LogP contribution in [0.2, 0.25) is 5.15 Å². The third kappa shape index (κ3) is 5.80. The van der Waals surface area contributed by atoms with E-state index in [1.807, 2.05) is 25.4 Å². The molecular formula is C20H32ClN5O. The maximum atomic E-state index is 5.84. The molecule has 1 aliphatic carbocycles. The third-order valence-corrected chi connectivity index (χ3v) is 5.99. The van der Waals surface area contributed by atoms with Gasteiger partial charge in [-0.05, 0) is 30.9 Å². The van der Waals surface area contributed by atoms with Crippen LogP contribution in [0, 0.1) is 0 Å². The monoisotopic (exact) mass is 393 g/mol. The summed E-state index contributed by atoms with van der Waals surface area (Å²) in [5.41, 5.74) is 1.40. The fourth-order valence-electron chi connectivity index (χ4n) is 4.20. The zero-order valence-corrected chi connectivity index (χ0v) is 17.1. The molecule has 0 bridgehead atoms. The van der Waals surface area contributed by atoms with Gasteiger partial charge in [0.25, 0.3) is 0 Å². The van der Waals surface area contributed by atoms with Crippen molar-refractivity contribution in [2.45, 2.75) is 44.1 Å². The summed E-state index contributed by atoms with van der Waals surface area (Å²) < 4.78 is 5.57. The van der Waals surface area contributed by atoms with Crippen molar-refractivity contribution in [1.29, 1.82) is 0 Å². The number of aromatic nitrogens is 1. The predicted octanol–water partition coefficient (Wildman–Crippen LogP) is 2.48. The summed E-state index contributed by atoms with van der Waals surface area (Å²) in [6.45, 7) is 5.53. The Labute approximate surface area is 167 Å². The second kappa shape index (κ2) is 10.2. The van der Waals surface area contributed by atoms with Crippen LogP contribution in [0.1, 0.15) is 37.7 Å². The summed E-state index contributed by atoms with van der Waals surface area (Å²) in [6.07, 6.45) is 9.22.